The first-order valence-corrected chi connectivity index (χ1v) is 2.35. The molecule has 0 aromatic carbocycles. The summed E-state index contributed by atoms with van der Waals surface area (Å²) in [5.41, 5.74) is 9.50. The first-order valence-electron chi connectivity index (χ1n) is 2.35. The summed E-state index contributed by atoms with van der Waals surface area (Å²) in [5.74, 6) is -2.12. The molecular formula is C4H7N3O3. The van der Waals surface area contributed by atoms with E-state index in [0.29, 0.717) is 0 Å². The molecule has 0 aromatic rings. The third-order valence-electron chi connectivity index (χ3n) is 0.525. The van der Waals surface area contributed by atoms with Gasteiger partial charge in [0.05, 0.1) is 0 Å². The van der Waals surface area contributed by atoms with Crippen LogP contribution in [0.15, 0.2) is 5.16 Å². The van der Waals surface area contributed by atoms with Crippen molar-refractivity contribution in [3.05, 3.63) is 0 Å². The summed E-state index contributed by atoms with van der Waals surface area (Å²) in [6.45, 7) is 1.12. The number of carbonyl (C=O) groups is 2. The van der Waals surface area contributed by atoms with Gasteiger partial charge in [0.1, 0.15) is 0 Å². The van der Waals surface area contributed by atoms with Crippen LogP contribution in [-0.2, 0) is 14.4 Å². The fourth-order valence-corrected chi connectivity index (χ4v) is 0.158. The molecule has 0 atom stereocenters. The van der Waals surface area contributed by atoms with Gasteiger partial charge in [-0.1, -0.05) is 5.16 Å². The molecule has 6 nitrogen and oxygen atoms in total. The van der Waals surface area contributed by atoms with E-state index in [1.54, 1.807) is 0 Å². The van der Waals surface area contributed by atoms with Crippen LogP contribution in [-0.4, -0.2) is 17.7 Å². The van der Waals surface area contributed by atoms with Crippen molar-refractivity contribution in [3.8, 4) is 0 Å². The topological polar surface area (TPSA) is 108 Å². The van der Waals surface area contributed by atoms with Gasteiger partial charge in [-0.15, -0.1) is 0 Å². The van der Waals surface area contributed by atoms with Gasteiger partial charge < -0.3 is 16.3 Å². The molecule has 0 bridgehead atoms. The van der Waals surface area contributed by atoms with Gasteiger partial charge in [0, 0.05) is 6.92 Å². The molecule has 0 aliphatic heterocycles. The molecule has 6 heteroatoms. The third-order valence-corrected chi connectivity index (χ3v) is 0.525. The maximum absolute atomic E-state index is 10.1. The van der Waals surface area contributed by atoms with Gasteiger partial charge in [0.15, 0.2) is 0 Å². The summed E-state index contributed by atoms with van der Waals surface area (Å²) < 4.78 is 0. The van der Waals surface area contributed by atoms with Crippen LogP contribution in [0.25, 0.3) is 0 Å². The van der Waals surface area contributed by atoms with Gasteiger partial charge >= 0.3 is 5.97 Å². The largest absolute Gasteiger partial charge is 0.376 e. The monoisotopic (exact) mass is 145 g/mol. The number of hydrogen-bond acceptors (Lipinski definition) is 4. The quantitative estimate of drug-likeness (QED) is 0.198. The Morgan fingerprint density at radius 1 is 1.40 bits per heavy atom. The molecule has 0 heterocycles. The Balaban J connectivity index is 3.92. The molecule has 0 radical (unpaired) electrons. The van der Waals surface area contributed by atoms with E-state index in [4.69, 9.17) is 5.73 Å². The van der Waals surface area contributed by atoms with Gasteiger partial charge in [0.25, 0.3) is 5.91 Å². The Morgan fingerprint density at radius 2 is 1.90 bits per heavy atom. The maximum atomic E-state index is 10.1. The number of amidine groups is 1. The molecule has 1 amide bonds. The Hall–Kier alpha value is -1.59. The van der Waals surface area contributed by atoms with E-state index < -0.39 is 17.7 Å². The molecule has 0 saturated carbocycles. The summed E-state index contributed by atoms with van der Waals surface area (Å²) in [6, 6.07) is 0. The second kappa shape index (κ2) is 3.44. The van der Waals surface area contributed by atoms with E-state index in [1.165, 1.54) is 0 Å². The van der Waals surface area contributed by atoms with Crippen molar-refractivity contribution in [1.29, 1.82) is 0 Å². The lowest BCUT2D eigenvalue weighted by Gasteiger charge is -1.91. The first kappa shape index (κ1) is 8.41. The smallest absolute Gasteiger partial charge is 0.332 e. The molecule has 0 aliphatic carbocycles. The molecule has 0 fully saturated rings. The van der Waals surface area contributed by atoms with E-state index in [1.807, 2.05) is 0 Å². The second-order valence-corrected chi connectivity index (χ2v) is 1.42. The van der Waals surface area contributed by atoms with Crippen molar-refractivity contribution >= 4 is 17.7 Å². The summed E-state index contributed by atoms with van der Waals surface area (Å²) in [6.07, 6.45) is 0. The average Bonchev–Trinajstić information content (AvgIpc) is 1.82. The minimum Gasteiger partial charge on any atom is -0.376 e. The molecular weight excluding hydrogens is 138 g/mol. The molecule has 0 unspecified atom stereocenters. The van der Waals surface area contributed by atoms with Gasteiger partial charge in [0.2, 0.25) is 5.84 Å². The van der Waals surface area contributed by atoms with Crippen LogP contribution in [0, 0.1) is 0 Å². The maximum Gasteiger partial charge on any atom is 0.332 e. The second-order valence-electron chi connectivity index (χ2n) is 1.42. The molecule has 0 aromatic heterocycles. The first-order chi connectivity index (χ1) is 4.54. The number of nitrogens with two attached hydrogens (primary N) is 2. The lowest BCUT2D eigenvalue weighted by molar-refractivity contribution is -0.140. The minimum atomic E-state index is -0.929. The van der Waals surface area contributed by atoms with Crippen LogP contribution in [0.5, 0.6) is 0 Å². The lowest BCUT2D eigenvalue weighted by Crippen LogP contribution is -2.31. The van der Waals surface area contributed by atoms with Crippen molar-refractivity contribution in [3.63, 3.8) is 0 Å². The standard InChI is InChI=1S/C4H7N3O3/c1-2(8)10-7-3(5)4(6)9/h1H3,(H2,5,7)(H2,6,9). The highest BCUT2D eigenvalue weighted by Gasteiger charge is 2.00. The van der Waals surface area contributed by atoms with Gasteiger partial charge in [-0.3, -0.25) is 4.79 Å². The zero-order chi connectivity index (χ0) is 8.15. The number of amides is 1. The SMILES string of the molecule is CC(=O)O/N=C(/N)C(N)=O. The van der Waals surface area contributed by atoms with Crippen LogP contribution >= 0.6 is 0 Å². The molecule has 0 spiro atoms. The molecule has 0 aliphatic rings. The number of rotatable bonds is 1. The minimum absolute atomic E-state index is 0.532. The summed E-state index contributed by atoms with van der Waals surface area (Å²) in [7, 11) is 0. The lowest BCUT2D eigenvalue weighted by atomic mass is 10.6. The van der Waals surface area contributed by atoms with Crippen LogP contribution in [0.3, 0.4) is 0 Å². The molecule has 0 saturated heterocycles. The van der Waals surface area contributed by atoms with E-state index in [-0.39, 0.29) is 0 Å². The Morgan fingerprint density at radius 3 is 2.20 bits per heavy atom. The van der Waals surface area contributed by atoms with E-state index in [0.717, 1.165) is 6.92 Å². The zero-order valence-electron chi connectivity index (χ0n) is 5.33. The van der Waals surface area contributed by atoms with Gasteiger partial charge in [-0.2, -0.15) is 0 Å². The number of oxime groups is 1. The fraction of sp³-hybridized carbons (Fsp3) is 0.250. The zero-order valence-corrected chi connectivity index (χ0v) is 5.33. The number of nitrogens with zero attached hydrogens (tertiary/aromatic N) is 1. The summed E-state index contributed by atoms with van der Waals surface area (Å²) in [4.78, 5) is 24.1. The van der Waals surface area contributed by atoms with Crippen LogP contribution < -0.4 is 11.5 Å². The number of hydrogen-bond donors (Lipinski definition) is 2. The Kier molecular flexibility index (Phi) is 2.89. The number of primary amides is 1. The predicted molar refractivity (Wildman–Crippen MR) is 32.6 cm³/mol. The van der Waals surface area contributed by atoms with E-state index >= 15 is 0 Å². The number of carbonyl (C=O) groups excluding carboxylic acids is 2. The van der Waals surface area contributed by atoms with Crippen molar-refractivity contribution < 1.29 is 14.4 Å². The predicted octanol–water partition coefficient (Wildman–Crippen LogP) is -1.69. The molecule has 10 heavy (non-hydrogen) atoms. The van der Waals surface area contributed by atoms with Crippen LogP contribution in [0.4, 0.5) is 0 Å². The van der Waals surface area contributed by atoms with Crippen LogP contribution in [0.1, 0.15) is 6.92 Å². The highest BCUT2D eigenvalue weighted by Crippen LogP contribution is 1.76. The van der Waals surface area contributed by atoms with Crippen molar-refractivity contribution in [1.82, 2.24) is 0 Å². The van der Waals surface area contributed by atoms with Gasteiger partial charge in [-0.05, 0) is 0 Å². The Bertz CT molecular complexity index is 186. The van der Waals surface area contributed by atoms with E-state index in [9.17, 15) is 9.59 Å². The van der Waals surface area contributed by atoms with Crippen molar-refractivity contribution in [2.75, 3.05) is 0 Å². The molecule has 0 rings (SSSR count). The summed E-state index contributed by atoms with van der Waals surface area (Å²) in [5, 5.41) is 2.89. The van der Waals surface area contributed by atoms with Gasteiger partial charge in [-0.25, -0.2) is 4.79 Å². The Labute approximate surface area is 56.8 Å². The summed E-state index contributed by atoms with van der Waals surface area (Å²) >= 11 is 0. The van der Waals surface area contributed by atoms with E-state index in [2.05, 4.69) is 15.7 Å². The highest BCUT2D eigenvalue weighted by molar-refractivity contribution is 6.36. The van der Waals surface area contributed by atoms with Crippen LogP contribution in [0.2, 0.25) is 0 Å². The molecule has 56 valence electrons. The normalized spacial score (nSPS) is 10.7. The van der Waals surface area contributed by atoms with Crippen molar-refractivity contribution in [2.24, 2.45) is 16.6 Å². The fourth-order valence-electron chi connectivity index (χ4n) is 0.158. The highest BCUT2D eigenvalue weighted by atomic mass is 16.7. The average molecular weight is 145 g/mol. The molecule has 4 N–H and O–H groups in total. The third kappa shape index (κ3) is 3.42. The van der Waals surface area contributed by atoms with Crippen molar-refractivity contribution in [2.45, 2.75) is 6.92 Å².